The molecule has 22 heavy (non-hydrogen) atoms. The first kappa shape index (κ1) is 16.1. The van der Waals surface area contributed by atoms with Crippen LogP contribution in [0.25, 0.3) is 0 Å². The average Bonchev–Trinajstić information content (AvgIpc) is 2.86. The number of anilines is 1. The number of nitrogens with zero attached hydrogens (tertiary/aromatic N) is 2. The first-order valence-electron chi connectivity index (χ1n) is 7.23. The summed E-state index contributed by atoms with van der Waals surface area (Å²) >= 11 is 0. The zero-order chi connectivity index (χ0) is 16.3. The molecule has 1 fully saturated rings. The quantitative estimate of drug-likeness (QED) is 0.685. The highest BCUT2D eigenvalue weighted by Gasteiger charge is 2.29. The van der Waals surface area contributed by atoms with Crippen molar-refractivity contribution in [2.45, 2.75) is 38.8 Å². The van der Waals surface area contributed by atoms with Crippen LogP contribution in [0.5, 0.6) is 0 Å². The Bertz CT molecular complexity index is 551. The first-order valence-corrected chi connectivity index (χ1v) is 7.23. The summed E-state index contributed by atoms with van der Waals surface area (Å²) in [7, 11) is 0. The summed E-state index contributed by atoms with van der Waals surface area (Å²) in [5, 5.41) is 13.9. The number of nitro benzene ring substituents is 1. The summed E-state index contributed by atoms with van der Waals surface area (Å²) in [6, 6.07) is 6.39. The van der Waals surface area contributed by atoms with E-state index in [1.54, 1.807) is 17.0 Å². The van der Waals surface area contributed by atoms with E-state index in [1.165, 1.54) is 12.1 Å². The van der Waals surface area contributed by atoms with Gasteiger partial charge in [-0.15, -0.1) is 0 Å². The number of rotatable bonds is 3. The highest BCUT2D eigenvalue weighted by Crippen LogP contribution is 2.20. The highest BCUT2D eigenvalue weighted by atomic mass is 16.6. The predicted octanol–water partition coefficient (Wildman–Crippen LogP) is 3.02. The van der Waals surface area contributed by atoms with Gasteiger partial charge in [0.2, 0.25) is 0 Å². The molecule has 1 amide bonds. The van der Waals surface area contributed by atoms with Crippen LogP contribution in [0.1, 0.15) is 27.2 Å². The molecule has 0 saturated carbocycles. The smallest absolute Gasteiger partial charge is 0.410 e. The van der Waals surface area contributed by atoms with Gasteiger partial charge in [-0.1, -0.05) is 0 Å². The minimum absolute atomic E-state index is 0.0624. The standard InChI is InChI=1S/C15H21N3O4/c1-15(2,3)22-14(19)17-9-8-12(10-17)16-11-4-6-13(7-5-11)18(20)21/h4-7,12,16H,8-10H2,1-3H3. The second-order valence-electron chi connectivity index (χ2n) is 6.36. The molecular formula is C15H21N3O4. The van der Waals surface area contributed by atoms with Gasteiger partial charge in [0, 0.05) is 37.0 Å². The molecule has 7 nitrogen and oxygen atoms in total. The van der Waals surface area contributed by atoms with Gasteiger partial charge in [-0.3, -0.25) is 10.1 Å². The fourth-order valence-electron chi connectivity index (χ4n) is 2.29. The number of non-ortho nitro benzene ring substituents is 1. The summed E-state index contributed by atoms with van der Waals surface area (Å²) in [5.74, 6) is 0. The maximum absolute atomic E-state index is 12.0. The number of nitrogens with one attached hydrogen (secondary N) is 1. The highest BCUT2D eigenvalue weighted by molar-refractivity contribution is 5.68. The van der Waals surface area contributed by atoms with E-state index in [2.05, 4.69) is 5.32 Å². The van der Waals surface area contributed by atoms with Gasteiger partial charge in [-0.2, -0.15) is 0 Å². The normalized spacial score (nSPS) is 18.1. The van der Waals surface area contributed by atoms with E-state index < -0.39 is 10.5 Å². The third-order valence-corrected chi connectivity index (χ3v) is 3.29. The van der Waals surface area contributed by atoms with Crippen molar-refractivity contribution < 1.29 is 14.5 Å². The molecule has 0 bridgehead atoms. The molecule has 0 aliphatic carbocycles. The Labute approximate surface area is 129 Å². The number of carbonyl (C=O) groups is 1. The van der Waals surface area contributed by atoms with Crippen LogP contribution >= 0.6 is 0 Å². The zero-order valence-electron chi connectivity index (χ0n) is 13.0. The molecule has 1 aromatic rings. The first-order chi connectivity index (χ1) is 10.2. The number of amides is 1. The van der Waals surface area contributed by atoms with Gasteiger partial charge >= 0.3 is 6.09 Å². The number of hydrogen-bond donors (Lipinski definition) is 1. The lowest BCUT2D eigenvalue weighted by Crippen LogP contribution is -2.36. The average molecular weight is 307 g/mol. The predicted molar refractivity (Wildman–Crippen MR) is 82.9 cm³/mol. The molecule has 2 rings (SSSR count). The van der Waals surface area contributed by atoms with E-state index in [0.717, 1.165) is 12.1 Å². The maximum atomic E-state index is 12.0. The third kappa shape index (κ3) is 4.34. The van der Waals surface area contributed by atoms with E-state index in [1.807, 2.05) is 20.8 Å². The Morgan fingerprint density at radius 2 is 2.00 bits per heavy atom. The summed E-state index contributed by atoms with van der Waals surface area (Å²) < 4.78 is 5.35. The van der Waals surface area contributed by atoms with Crippen LogP contribution in [0.15, 0.2) is 24.3 Å². The van der Waals surface area contributed by atoms with Gasteiger partial charge in [0.25, 0.3) is 5.69 Å². The molecule has 0 aromatic heterocycles. The Balaban J connectivity index is 1.88. The number of likely N-dealkylation sites (tertiary alicyclic amines) is 1. The van der Waals surface area contributed by atoms with Gasteiger partial charge in [0.1, 0.15) is 5.60 Å². The van der Waals surface area contributed by atoms with Gasteiger partial charge < -0.3 is 15.0 Å². The maximum Gasteiger partial charge on any atom is 0.410 e. The lowest BCUT2D eigenvalue weighted by Gasteiger charge is -2.24. The number of ether oxygens (including phenoxy) is 1. The Kier molecular flexibility index (Phi) is 4.54. The van der Waals surface area contributed by atoms with Crippen molar-refractivity contribution in [3.63, 3.8) is 0 Å². The second kappa shape index (κ2) is 6.21. The summed E-state index contributed by atoms with van der Waals surface area (Å²) in [4.78, 5) is 23.8. The van der Waals surface area contributed by atoms with E-state index in [-0.39, 0.29) is 17.8 Å². The van der Waals surface area contributed by atoms with Crippen LogP contribution in [0.2, 0.25) is 0 Å². The molecule has 1 atom stereocenters. The lowest BCUT2D eigenvalue weighted by molar-refractivity contribution is -0.384. The lowest BCUT2D eigenvalue weighted by atomic mass is 10.2. The Morgan fingerprint density at radius 3 is 2.55 bits per heavy atom. The molecule has 7 heteroatoms. The molecule has 120 valence electrons. The van der Waals surface area contributed by atoms with Gasteiger partial charge in [0.15, 0.2) is 0 Å². The number of hydrogen-bond acceptors (Lipinski definition) is 5. The second-order valence-corrected chi connectivity index (χ2v) is 6.36. The van der Waals surface area contributed by atoms with E-state index >= 15 is 0 Å². The number of nitro groups is 1. The van der Waals surface area contributed by atoms with Crippen molar-refractivity contribution >= 4 is 17.5 Å². The van der Waals surface area contributed by atoms with Crippen LogP contribution in [-0.2, 0) is 4.74 Å². The molecule has 1 aliphatic rings. The van der Waals surface area contributed by atoms with Crippen LogP contribution in [0, 0.1) is 10.1 Å². The molecule has 0 radical (unpaired) electrons. The largest absolute Gasteiger partial charge is 0.444 e. The van der Waals surface area contributed by atoms with Crippen molar-refractivity contribution in [3.8, 4) is 0 Å². The topological polar surface area (TPSA) is 84.7 Å². The molecule has 1 N–H and O–H groups in total. The van der Waals surface area contributed by atoms with E-state index in [9.17, 15) is 14.9 Å². The molecule has 0 spiro atoms. The van der Waals surface area contributed by atoms with E-state index in [4.69, 9.17) is 4.74 Å². The van der Waals surface area contributed by atoms with Gasteiger partial charge in [0.05, 0.1) is 4.92 Å². The van der Waals surface area contributed by atoms with Gasteiger partial charge in [-0.25, -0.2) is 4.79 Å². The van der Waals surface area contributed by atoms with E-state index in [0.29, 0.717) is 13.1 Å². The number of carbonyl (C=O) groups excluding carboxylic acids is 1. The van der Waals surface area contributed by atoms with Crippen molar-refractivity contribution in [1.82, 2.24) is 4.90 Å². The molecule has 1 saturated heterocycles. The minimum Gasteiger partial charge on any atom is -0.444 e. The molecule has 1 heterocycles. The van der Waals surface area contributed by atoms with Gasteiger partial charge in [-0.05, 0) is 39.3 Å². The molecule has 1 aromatic carbocycles. The third-order valence-electron chi connectivity index (χ3n) is 3.29. The number of benzene rings is 1. The van der Waals surface area contributed by atoms with Crippen LogP contribution in [-0.4, -0.2) is 40.6 Å². The van der Waals surface area contributed by atoms with Crippen LogP contribution < -0.4 is 5.32 Å². The van der Waals surface area contributed by atoms with Crippen molar-refractivity contribution in [2.24, 2.45) is 0 Å². The van der Waals surface area contributed by atoms with Crippen molar-refractivity contribution in [2.75, 3.05) is 18.4 Å². The zero-order valence-corrected chi connectivity index (χ0v) is 13.0. The van der Waals surface area contributed by atoms with Crippen LogP contribution in [0.4, 0.5) is 16.2 Å². The minimum atomic E-state index is -0.499. The molecule has 1 unspecified atom stereocenters. The fraction of sp³-hybridized carbons (Fsp3) is 0.533. The summed E-state index contributed by atoms with van der Waals surface area (Å²) in [5.41, 5.74) is 0.370. The van der Waals surface area contributed by atoms with Crippen LogP contribution in [0.3, 0.4) is 0 Å². The fourth-order valence-corrected chi connectivity index (χ4v) is 2.29. The summed E-state index contributed by atoms with van der Waals surface area (Å²) in [6.45, 7) is 6.72. The van der Waals surface area contributed by atoms with Crippen molar-refractivity contribution in [3.05, 3.63) is 34.4 Å². The molecule has 1 aliphatic heterocycles. The Morgan fingerprint density at radius 1 is 1.36 bits per heavy atom. The SMILES string of the molecule is CC(C)(C)OC(=O)N1CCC(Nc2ccc([N+](=O)[O-])cc2)C1. The molecular weight excluding hydrogens is 286 g/mol. The van der Waals surface area contributed by atoms with Crippen molar-refractivity contribution in [1.29, 1.82) is 0 Å². The Hall–Kier alpha value is -2.31. The monoisotopic (exact) mass is 307 g/mol. The summed E-state index contributed by atoms with van der Waals surface area (Å²) in [6.07, 6.45) is 0.511.